The van der Waals surface area contributed by atoms with Crippen LogP contribution in [0.5, 0.6) is 5.88 Å². The minimum Gasteiger partial charge on any atom is -0.471 e. The maximum absolute atomic E-state index is 9.37. The van der Waals surface area contributed by atoms with E-state index in [0.717, 1.165) is 15.6 Å². The van der Waals surface area contributed by atoms with Crippen molar-refractivity contribution < 1.29 is 4.74 Å². The molecule has 0 radical (unpaired) electrons. The summed E-state index contributed by atoms with van der Waals surface area (Å²) in [5.74, 6) is 0.483. The first-order chi connectivity index (χ1) is 12.1. The normalized spacial score (nSPS) is 10.4. The van der Waals surface area contributed by atoms with E-state index >= 15 is 0 Å². The molecule has 126 valence electrons. The van der Waals surface area contributed by atoms with Gasteiger partial charge in [0.2, 0.25) is 0 Å². The fraction of sp³-hybridized carbons (Fsp3) is 0.111. The summed E-state index contributed by atoms with van der Waals surface area (Å²) < 4.78 is 8.24. The van der Waals surface area contributed by atoms with E-state index in [2.05, 4.69) is 27.1 Å². The fourth-order valence-electron chi connectivity index (χ4n) is 2.30. The monoisotopic (exact) mass is 416 g/mol. The van der Waals surface area contributed by atoms with Crippen LogP contribution in [-0.4, -0.2) is 9.78 Å². The first-order valence-corrected chi connectivity index (χ1v) is 8.62. The van der Waals surface area contributed by atoms with Gasteiger partial charge in [-0.05, 0) is 23.8 Å². The van der Waals surface area contributed by atoms with Crippen LogP contribution in [0.1, 0.15) is 16.7 Å². The molecule has 0 saturated heterocycles. The zero-order valence-electron chi connectivity index (χ0n) is 13.1. The third kappa shape index (κ3) is 3.95. The fourth-order valence-corrected chi connectivity index (χ4v) is 2.76. The summed E-state index contributed by atoms with van der Waals surface area (Å²) in [5.41, 5.74) is 8.11. The predicted molar refractivity (Wildman–Crippen MR) is 100 cm³/mol. The molecule has 5 nitrogen and oxygen atoms in total. The van der Waals surface area contributed by atoms with Gasteiger partial charge in [0.25, 0.3) is 5.88 Å². The average molecular weight is 418 g/mol. The summed E-state index contributed by atoms with van der Waals surface area (Å²) in [7, 11) is 0. The first kappa shape index (κ1) is 17.3. The second-order valence-electron chi connectivity index (χ2n) is 5.34. The number of nitrogens with two attached hydrogens (primary N) is 1. The number of anilines is 1. The number of benzene rings is 2. The lowest BCUT2D eigenvalue weighted by Gasteiger charge is -2.05. The van der Waals surface area contributed by atoms with Gasteiger partial charge in [0, 0.05) is 15.1 Å². The van der Waals surface area contributed by atoms with E-state index in [9.17, 15) is 5.26 Å². The predicted octanol–water partition coefficient (Wildman–Crippen LogP) is 4.38. The molecular formula is C18H14BrClN4O. The smallest absolute Gasteiger partial charge is 0.253 e. The summed E-state index contributed by atoms with van der Waals surface area (Å²) in [6.07, 6.45) is 0. The van der Waals surface area contributed by atoms with Crippen molar-refractivity contribution in [3.8, 4) is 11.9 Å². The molecule has 1 aromatic heterocycles. The van der Waals surface area contributed by atoms with Crippen molar-refractivity contribution in [2.45, 2.75) is 13.2 Å². The minimum atomic E-state index is 0.206. The van der Waals surface area contributed by atoms with Crippen molar-refractivity contribution in [3.63, 3.8) is 0 Å². The van der Waals surface area contributed by atoms with Gasteiger partial charge in [-0.2, -0.15) is 5.26 Å². The summed E-state index contributed by atoms with van der Waals surface area (Å²) in [5, 5.41) is 14.3. The SMILES string of the molecule is N#Cc1c(OCc2ccccc2Cl)nn(Cc2ccc(Br)cc2)c1N. The average Bonchev–Trinajstić information content (AvgIpc) is 2.91. The van der Waals surface area contributed by atoms with E-state index in [1.54, 1.807) is 10.7 Å². The van der Waals surface area contributed by atoms with E-state index in [-0.39, 0.29) is 23.9 Å². The number of aromatic nitrogens is 2. The van der Waals surface area contributed by atoms with Crippen molar-refractivity contribution in [2.75, 3.05) is 5.73 Å². The molecule has 0 aliphatic heterocycles. The number of ether oxygens (including phenoxy) is 1. The van der Waals surface area contributed by atoms with Crippen LogP contribution < -0.4 is 10.5 Å². The summed E-state index contributed by atoms with van der Waals surface area (Å²) >= 11 is 9.52. The molecule has 0 atom stereocenters. The third-order valence-corrected chi connectivity index (χ3v) is 4.54. The van der Waals surface area contributed by atoms with Crippen LogP contribution in [0, 0.1) is 11.3 Å². The maximum Gasteiger partial charge on any atom is 0.253 e. The molecule has 0 unspecified atom stereocenters. The molecule has 0 saturated carbocycles. The van der Waals surface area contributed by atoms with Crippen molar-refractivity contribution in [2.24, 2.45) is 0 Å². The van der Waals surface area contributed by atoms with Crippen molar-refractivity contribution in [1.29, 1.82) is 5.26 Å². The highest BCUT2D eigenvalue weighted by atomic mass is 79.9. The Morgan fingerprint density at radius 2 is 1.92 bits per heavy atom. The standard InChI is InChI=1S/C18H14BrClN4O/c19-14-7-5-12(6-8-14)10-24-17(22)15(9-21)18(23-24)25-11-13-3-1-2-4-16(13)20/h1-8H,10-11,22H2. The Labute approximate surface area is 158 Å². The first-order valence-electron chi connectivity index (χ1n) is 7.45. The Balaban J connectivity index is 1.81. The van der Waals surface area contributed by atoms with Crippen LogP contribution in [0.3, 0.4) is 0 Å². The van der Waals surface area contributed by atoms with Gasteiger partial charge < -0.3 is 10.5 Å². The van der Waals surface area contributed by atoms with E-state index < -0.39 is 0 Å². The second-order valence-corrected chi connectivity index (χ2v) is 6.66. The Morgan fingerprint density at radius 1 is 1.20 bits per heavy atom. The van der Waals surface area contributed by atoms with Crippen molar-refractivity contribution >= 4 is 33.3 Å². The highest BCUT2D eigenvalue weighted by Crippen LogP contribution is 2.26. The molecule has 2 aromatic carbocycles. The number of hydrogen-bond donors (Lipinski definition) is 1. The molecular weight excluding hydrogens is 404 g/mol. The number of hydrogen-bond acceptors (Lipinski definition) is 4. The van der Waals surface area contributed by atoms with Gasteiger partial charge in [-0.3, -0.25) is 0 Å². The molecule has 0 aliphatic rings. The van der Waals surface area contributed by atoms with E-state index in [1.165, 1.54) is 0 Å². The van der Waals surface area contributed by atoms with Crippen LogP contribution in [0.4, 0.5) is 5.82 Å². The number of rotatable bonds is 5. The van der Waals surface area contributed by atoms with Gasteiger partial charge in [0.1, 0.15) is 18.5 Å². The van der Waals surface area contributed by atoms with Crippen LogP contribution in [0.15, 0.2) is 53.0 Å². The molecule has 0 spiro atoms. The molecule has 3 rings (SSSR count). The number of halogens is 2. The highest BCUT2D eigenvalue weighted by Gasteiger charge is 2.17. The van der Waals surface area contributed by atoms with Crippen LogP contribution in [0.2, 0.25) is 5.02 Å². The van der Waals surface area contributed by atoms with Crippen molar-refractivity contribution in [3.05, 3.63) is 74.7 Å². The molecule has 1 heterocycles. The lowest BCUT2D eigenvalue weighted by molar-refractivity contribution is 0.289. The molecule has 0 bridgehead atoms. The highest BCUT2D eigenvalue weighted by molar-refractivity contribution is 9.10. The van der Waals surface area contributed by atoms with E-state index in [0.29, 0.717) is 11.6 Å². The zero-order chi connectivity index (χ0) is 17.8. The van der Waals surface area contributed by atoms with E-state index in [4.69, 9.17) is 22.1 Å². The largest absolute Gasteiger partial charge is 0.471 e. The van der Waals surface area contributed by atoms with Crippen molar-refractivity contribution in [1.82, 2.24) is 9.78 Å². The maximum atomic E-state index is 9.37. The summed E-state index contributed by atoms with van der Waals surface area (Å²) in [6.45, 7) is 0.659. The number of nitrogen functional groups attached to an aromatic ring is 1. The molecule has 0 fully saturated rings. The molecule has 0 aliphatic carbocycles. The summed E-state index contributed by atoms with van der Waals surface area (Å²) in [4.78, 5) is 0. The molecule has 7 heteroatoms. The summed E-state index contributed by atoms with van der Waals surface area (Å²) in [6, 6.07) is 17.2. The molecule has 2 N–H and O–H groups in total. The van der Waals surface area contributed by atoms with Gasteiger partial charge in [-0.15, -0.1) is 5.10 Å². The van der Waals surface area contributed by atoms with Gasteiger partial charge in [-0.1, -0.05) is 57.9 Å². The Morgan fingerprint density at radius 3 is 2.60 bits per heavy atom. The topological polar surface area (TPSA) is 76.9 Å². The zero-order valence-corrected chi connectivity index (χ0v) is 15.5. The number of nitriles is 1. The van der Waals surface area contributed by atoms with Gasteiger partial charge >= 0.3 is 0 Å². The Bertz CT molecular complexity index is 931. The van der Waals surface area contributed by atoms with Gasteiger partial charge in [0.05, 0.1) is 6.54 Å². The minimum absolute atomic E-state index is 0.206. The quantitative estimate of drug-likeness (QED) is 0.668. The Hall–Kier alpha value is -2.49. The lowest BCUT2D eigenvalue weighted by Crippen LogP contribution is -2.06. The molecule has 0 amide bonds. The third-order valence-electron chi connectivity index (χ3n) is 3.64. The van der Waals surface area contributed by atoms with E-state index in [1.807, 2.05) is 42.5 Å². The molecule has 25 heavy (non-hydrogen) atoms. The van der Waals surface area contributed by atoms with Gasteiger partial charge in [0.15, 0.2) is 5.56 Å². The van der Waals surface area contributed by atoms with Gasteiger partial charge in [-0.25, -0.2) is 4.68 Å². The van der Waals surface area contributed by atoms with Crippen LogP contribution in [0.25, 0.3) is 0 Å². The lowest BCUT2D eigenvalue weighted by atomic mass is 10.2. The number of nitrogens with zero attached hydrogens (tertiary/aromatic N) is 3. The van der Waals surface area contributed by atoms with Crippen LogP contribution >= 0.6 is 27.5 Å². The van der Waals surface area contributed by atoms with Crippen LogP contribution in [-0.2, 0) is 13.2 Å². The second kappa shape index (κ2) is 7.60. The Kier molecular flexibility index (Phi) is 5.27. The molecule has 3 aromatic rings.